The molecule has 4 atom stereocenters. The first kappa shape index (κ1) is 32.0. The van der Waals surface area contributed by atoms with Crippen molar-refractivity contribution < 1.29 is 24.0 Å². The van der Waals surface area contributed by atoms with Crippen molar-refractivity contribution in [3.05, 3.63) is 71.3 Å². The number of piperidine rings is 1. The summed E-state index contributed by atoms with van der Waals surface area (Å²) in [6.45, 7) is 5.50. The first-order valence-electron chi connectivity index (χ1n) is 14.7. The Balaban J connectivity index is 1.33. The molecule has 3 rings (SSSR count). The SMILES string of the molecule is CCCCC(CC)COC(=O)ONC(N)c1ccc(CNC(=O)CNC(=O)[C@H]2CC(c3ccccc3)CCN2)cc1. The van der Waals surface area contributed by atoms with E-state index in [2.05, 4.69) is 47.4 Å². The van der Waals surface area contributed by atoms with Crippen LogP contribution in [-0.2, 0) is 25.7 Å². The van der Waals surface area contributed by atoms with Crippen LogP contribution >= 0.6 is 0 Å². The molecule has 10 heteroatoms. The predicted molar refractivity (Wildman–Crippen MR) is 157 cm³/mol. The zero-order valence-corrected chi connectivity index (χ0v) is 24.2. The third-order valence-electron chi connectivity index (χ3n) is 7.49. The normalized spacial score (nSPS) is 18.1. The van der Waals surface area contributed by atoms with E-state index in [4.69, 9.17) is 15.3 Å². The summed E-state index contributed by atoms with van der Waals surface area (Å²) in [4.78, 5) is 41.9. The van der Waals surface area contributed by atoms with Crippen LogP contribution in [0.15, 0.2) is 54.6 Å². The topological polar surface area (TPSA) is 144 Å². The maximum Gasteiger partial charge on any atom is 0.527 e. The zero-order valence-electron chi connectivity index (χ0n) is 24.2. The molecule has 0 saturated carbocycles. The Morgan fingerprint density at radius 1 is 1.05 bits per heavy atom. The maximum atomic E-state index is 12.7. The van der Waals surface area contributed by atoms with Gasteiger partial charge in [-0.3, -0.25) is 9.59 Å². The minimum Gasteiger partial charge on any atom is -0.433 e. The van der Waals surface area contributed by atoms with E-state index < -0.39 is 12.3 Å². The van der Waals surface area contributed by atoms with Gasteiger partial charge in [0, 0.05) is 6.54 Å². The van der Waals surface area contributed by atoms with E-state index in [-0.39, 0.29) is 24.4 Å². The lowest BCUT2D eigenvalue weighted by Crippen LogP contribution is -2.50. The number of carbonyl (C=O) groups is 3. The number of hydroxylamine groups is 1. The van der Waals surface area contributed by atoms with Crippen LogP contribution in [0.1, 0.15) is 81.1 Å². The van der Waals surface area contributed by atoms with Gasteiger partial charge in [-0.2, -0.15) is 0 Å². The lowest BCUT2D eigenvalue weighted by atomic mass is 9.86. The highest BCUT2D eigenvalue weighted by atomic mass is 16.8. The molecule has 0 spiro atoms. The lowest BCUT2D eigenvalue weighted by molar-refractivity contribution is -0.127. The number of nitrogens with two attached hydrogens (primary N) is 1. The Kier molecular flexibility index (Phi) is 13.6. The van der Waals surface area contributed by atoms with Crippen LogP contribution < -0.4 is 27.2 Å². The highest BCUT2D eigenvalue weighted by Crippen LogP contribution is 2.27. The van der Waals surface area contributed by atoms with Crippen molar-refractivity contribution in [2.45, 2.75) is 77.0 Å². The van der Waals surface area contributed by atoms with Crippen molar-refractivity contribution in [1.82, 2.24) is 21.4 Å². The van der Waals surface area contributed by atoms with Gasteiger partial charge in [0.05, 0.1) is 19.2 Å². The molecule has 0 aliphatic carbocycles. The first-order chi connectivity index (χ1) is 19.9. The Morgan fingerprint density at radius 3 is 2.51 bits per heavy atom. The van der Waals surface area contributed by atoms with Crippen molar-refractivity contribution in [2.75, 3.05) is 19.7 Å². The van der Waals surface area contributed by atoms with Crippen molar-refractivity contribution in [1.29, 1.82) is 0 Å². The van der Waals surface area contributed by atoms with Crippen molar-refractivity contribution in [3.63, 3.8) is 0 Å². The Hall–Kier alpha value is -3.47. The molecule has 6 N–H and O–H groups in total. The summed E-state index contributed by atoms with van der Waals surface area (Å²) >= 11 is 0. The van der Waals surface area contributed by atoms with Crippen LogP contribution in [0, 0.1) is 5.92 Å². The second-order valence-electron chi connectivity index (χ2n) is 10.5. The molecular formula is C31H45N5O5. The third-order valence-corrected chi connectivity index (χ3v) is 7.49. The number of nitrogens with one attached hydrogen (secondary N) is 4. The number of unbranched alkanes of at least 4 members (excludes halogenated alkanes) is 1. The van der Waals surface area contributed by atoms with Gasteiger partial charge in [-0.15, -0.1) is 5.48 Å². The van der Waals surface area contributed by atoms with Gasteiger partial charge in [-0.1, -0.05) is 87.7 Å². The summed E-state index contributed by atoms with van der Waals surface area (Å²) in [6, 6.07) is 17.1. The number of amides is 2. The monoisotopic (exact) mass is 567 g/mol. The minimum absolute atomic E-state index is 0.0923. The van der Waals surface area contributed by atoms with E-state index >= 15 is 0 Å². The molecule has 1 saturated heterocycles. The Bertz CT molecular complexity index is 1080. The Morgan fingerprint density at radius 2 is 1.80 bits per heavy atom. The fourth-order valence-corrected chi connectivity index (χ4v) is 4.83. The minimum atomic E-state index is -0.808. The average molecular weight is 568 g/mol. The van der Waals surface area contributed by atoms with Crippen LogP contribution in [0.4, 0.5) is 4.79 Å². The largest absolute Gasteiger partial charge is 0.527 e. The van der Waals surface area contributed by atoms with Crippen LogP contribution in [0.5, 0.6) is 0 Å². The highest BCUT2D eigenvalue weighted by molar-refractivity contribution is 5.87. The number of carbonyl (C=O) groups excluding carboxylic acids is 3. The molecule has 2 amide bonds. The lowest BCUT2D eigenvalue weighted by Gasteiger charge is -2.29. The highest BCUT2D eigenvalue weighted by Gasteiger charge is 2.27. The van der Waals surface area contributed by atoms with Gasteiger partial charge in [-0.25, -0.2) is 4.79 Å². The van der Waals surface area contributed by atoms with Gasteiger partial charge in [0.15, 0.2) is 0 Å². The molecule has 2 aromatic carbocycles. The fraction of sp³-hybridized carbons (Fsp3) is 0.516. The van der Waals surface area contributed by atoms with Gasteiger partial charge in [0.2, 0.25) is 11.8 Å². The molecule has 1 heterocycles. The Labute approximate surface area is 243 Å². The number of rotatable bonds is 15. The summed E-state index contributed by atoms with van der Waals surface area (Å²) in [5.41, 5.74) is 11.4. The standard InChI is InChI=1S/C31H45N5O5/c1-3-5-9-22(4-2)21-40-31(39)41-36-29(32)25-14-12-23(13-15-25)19-34-28(37)20-35-30(38)27-18-26(16-17-33-27)24-10-7-6-8-11-24/h6-8,10-15,22,26-27,29,33,36H,3-5,9,16-21,32H2,1-2H3,(H,34,37)(H,35,38)/t22?,26?,27-,29?/m1/s1. The molecule has 0 bridgehead atoms. The number of hydrogen-bond donors (Lipinski definition) is 5. The molecule has 1 aliphatic rings. The number of hydrogen-bond acceptors (Lipinski definition) is 8. The molecule has 41 heavy (non-hydrogen) atoms. The van der Waals surface area contributed by atoms with Crippen LogP contribution in [0.2, 0.25) is 0 Å². The summed E-state index contributed by atoms with van der Waals surface area (Å²) in [7, 11) is 0. The van der Waals surface area contributed by atoms with E-state index in [1.165, 1.54) is 5.56 Å². The second-order valence-corrected chi connectivity index (χ2v) is 10.5. The van der Waals surface area contributed by atoms with E-state index in [1.54, 1.807) is 12.1 Å². The molecule has 224 valence electrons. The van der Waals surface area contributed by atoms with Crippen molar-refractivity contribution in [2.24, 2.45) is 11.7 Å². The van der Waals surface area contributed by atoms with Crippen molar-refractivity contribution >= 4 is 18.0 Å². The molecule has 10 nitrogen and oxygen atoms in total. The smallest absolute Gasteiger partial charge is 0.433 e. The van der Waals surface area contributed by atoms with Gasteiger partial charge in [-0.05, 0) is 54.3 Å². The van der Waals surface area contributed by atoms with Crippen molar-refractivity contribution in [3.8, 4) is 0 Å². The van der Waals surface area contributed by atoms with E-state index in [0.717, 1.165) is 44.2 Å². The predicted octanol–water partition coefficient (Wildman–Crippen LogP) is 3.79. The summed E-state index contributed by atoms with van der Waals surface area (Å²) in [5.74, 6) is 0.201. The average Bonchev–Trinajstić information content (AvgIpc) is 3.02. The zero-order chi connectivity index (χ0) is 29.5. The quantitative estimate of drug-likeness (QED) is 0.124. The summed E-state index contributed by atoms with van der Waals surface area (Å²) in [6.07, 6.45) is 4.30. The van der Waals surface area contributed by atoms with E-state index in [1.807, 2.05) is 30.3 Å². The second kappa shape index (κ2) is 17.4. The van der Waals surface area contributed by atoms with Gasteiger partial charge in [0.1, 0.15) is 6.17 Å². The molecule has 3 unspecified atom stereocenters. The molecule has 0 radical (unpaired) electrons. The molecule has 2 aromatic rings. The summed E-state index contributed by atoms with van der Waals surface area (Å²) in [5, 5.41) is 8.81. The van der Waals surface area contributed by atoms with Crippen LogP contribution in [0.25, 0.3) is 0 Å². The number of benzene rings is 2. The summed E-state index contributed by atoms with van der Waals surface area (Å²) < 4.78 is 5.19. The van der Waals surface area contributed by atoms with Crippen LogP contribution in [0.3, 0.4) is 0 Å². The van der Waals surface area contributed by atoms with Gasteiger partial charge in [0.25, 0.3) is 0 Å². The van der Waals surface area contributed by atoms with Gasteiger partial charge < -0.3 is 31.3 Å². The fourth-order valence-electron chi connectivity index (χ4n) is 4.83. The number of ether oxygens (including phenoxy) is 1. The van der Waals surface area contributed by atoms with E-state index in [9.17, 15) is 14.4 Å². The van der Waals surface area contributed by atoms with Gasteiger partial charge >= 0.3 is 6.16 Å². The molecule has 0 aromatic heterocycles. The molecular weight excluding hydrogens is 522 g/mol. The maximum absolute atomic E-state index is 12.7. The first-order valence-corrected chi connectivity index (χ1v) is 14.7. The van der Waals surface area contributed by atoms with Crippen LogP contribution in [-0.4, -0.2) is 43.7 Å². The molecule has 1 fully saturated rings. The van der Waals surface area contributed by atoms with E-state index in [0.29, 0.717) is 37.0 Å². The third kappa shape index (κ3) is 11.1. The molecule has 1 aliphatic heterocycles.